The van der Waals surface area contributed by atoms with Gasteiger partial charge in [-0.15, -0.1) is 0 Å². The smallest absolute Gasteiger partial charge is 0.308 e. The highest BCUT2D eigenvalue weighted by molar-refractivity contribution is 5.94. The van der Waals surface area contributed by atoms with Gasteiger partial charge in [0, 0.05) is 5.56 Å². The number of ether oxygens (including phenoxy) is 2. The Hall–Kier alpha value is -4.62. The third-order valence-electron chi connectivity index (χ3n) is 4.68. The minimum Gasteiger partial charge on any atom is -0.491 e. The summed E-state index contributed by atoms with van der Waals surface area (Å²) in [4.78, 5) is 25.1. The van der Waals surface area contributed by atoms with Crippen molar-refractivity contribution in [3.63, 3.8) is 0 Å². The molecule has 1 atom stereocenters. The zero-order valence-electron chi connectivity index (χ0n) is 17.7. The molecule has 33 heavy (non-hydrogen) atoms. The Balaban J connectivity index is 1.65. The molecular weight excluding hydrogens is 418 g/mol. The van der Waals surface area contributed by atoms with Crippen molar-refractivity contribution >= 4 is 11.9 Å². The van der Waals surface area contributed by atoms with Crippen molar-refractivity contribution in [2.45, 2.75) is 19.1 Å². The lowest BCUT2D eigenvalue weighted by Crippen LogP contribution is -2.41. The van der Waals surface area contributed by atoms with Crippen molar-refractivity contribution in [2.75, 3.05) is 6.61 Å². The molecule has 0 aromatic heterocycles. The molecule has 0 saturated carbocycles. The van der Waals surface area contributed by atoms with E-state index in [-0.39, 0.29) is 19.6 Å². The molecule has 0 radical (unpaired) electrons. The summed E-state index contributed by atoms with van der Waals surface area (Å²) < 4.78 is 11.1. The van der Waals surface area contributed by atoms with Crippen molar-refractivity contribution < 1.29 is 19.1 Å². The SMILES string of the molecule is N#Cc1ccc(C(=O)N[C@H](COc2cccc(C#N)c2)CC(=O)OCc2ccccc2)cc1. The molecule has 3 aromatic rings. The van der Waals surface area contributed by atoms with Gasteiger partial charge in [-0.1, -0.05) is 36.4 Å². The van der Waals surface area contributed by atoms with Crippen LogP contribution < -0.4 is 10.1 Å². The summed E-state index contributed by atoms with van der Waals surface area (Å²) in [6.45, 7) is 0.123. The summed E-state index contributed by atoms with van der Waals surface area (Å²) >= 11 is 0. The molecule has 0 saturated heterocycles. The van der Waals surface area contributed by atoms with Gasteiger partial charge < -0.3 is 14.8 Å². The Labute approximate surface area is 191 Å². The highest BCUT2D eigenvalue weighted by Crippen LogP contribution is 2.14. The fraction of sp³-hybridized carbons (Fsp3) is 0.154. The van der Waals surface area contributed by atoms with Crippen molar-refractivity contribution in [2.24, 2.45) is 0 Å². The van der Waals surface area contributed by atoms with Gasteiger partial charge in [0.15, 0.2) is 0 Å². The van der Waals surface area contributed by atoms with Gasteiger partial charge in [0.1, 0.15) is 19.0 Å². The average Bonchev–Trinajstić information content (AvgIpc) is 2.86. The Morgan fingerprint density at radius 3 is 2.30 bits per heavy atom. The van der Waals surface area contributed by atoms with Crippen LogP contribution in [0.4, 0.5) is 0 Å². The summed E-state index contributed by atoms with van der Waals surface area (Å²) in [5.41, 5.74) is 2.08. The molecule has 0 unspecified atom stereocenters. The van der Waals surface area contributed by atoms with Crippen LogP contribution in [0.3, 0.4) is 0 Å². The monoisotopic (exact) mass is 439 g/mol. The van der Waals surface area contributed by atoms with Gasteiger partial charge >= 0.3 is 5.97 Å². The fourth-order valence-electron chi connectivity index (χ4n) is 2.97. The minimum absolute atomic E-state index is 0.00264. The van der Waals surface area contributed by atoms with Gasteiger partial charge in [0.05, 0.1) is 35.7 Å². The maximum Gasteiger partial charge on any atom is 0.308 e. The third-order valence-corrected chi connectivity index (χ3v) is 4.68. The number of rotatable bonds is 9. The molecule has 3 rings (SSSR count). The Morgan fingerprint density at radius 1 is 0.879 bits per heavy atom. The third kappa shape index (κ3) is 7.23. The first-order valence-corrected chi connectivity index (χ1v) is 10.2. The first-order chi connectivity index (χ1) is 16.1. The zero-order valence-corrected chi connectivity index (χ0v) is 17.7. The highest BCUT2D eigenvalue weighted by atomic mass is 16.5. The lowest BCUT2D eigenvalue weighted by Gasteiger charge is -2.19. The maximum absolute atomic E-state index is 12.7. The van der Waals surface area contributed by atoms with Crippen LogP contribution in [-0.4, -0.2) is 24.5 Å². The van der Waals surface area contributed by atoms with E-state index in [2.05, 4.69) is 5.32 Å². The second kappa shape index (κ2) is 11.7. The van der Waals surface area contributed by atoms with Crippen LogP contribution in [0.5, 0.6) is 5.75 Å². The number of nitriles is 2. The van der Waals surface area contributed by atoms with Gasteiger partial charge in [-0.25, -0.2) is 0 Å². The molecule has 1 N–H and O–H groups in total. The van der Waals surface area contributed by atoms with Gasteiger partial charge in [0.2, 0.25) is 0 Å². The molecule has 1 amide bonds. The number of nitrogens with one attached hydrogen (secondary N) is 1. The zero-order chi connectivity index (χ0) is 23.5. The number of hydrogen-bond acceptors (Lipinski definition) is 6. The lowest BCUT2D eigenvalue weighted by atomic mass is 10.1. The summed E-state index contributed by atoms with van der Waals surface area (Å²) in [5.74, 6) is -0.447. The topological polar surface area (TPSA) is 112 Å². The van der Waals surface area contributed by atoms with Crippen LogP contribution in [-0.2, 0) is 16.1 Å². The first kappa shape index (κ1) is 23.1. The van der Waals surface area contributed by atoms with Gasteiger partial charge in [-0.2, -0.15) is 10.5 Å². The van der Waals surface area contributed by atoms with Crippen LogP contribution in [0.15, 0.2) is 78.9 Å². The molecule has 0 spiro atoms. The van der Waals surface area contributed by atoms with Gasteiger partial charge in [0.25, 0.3) is 5.91 Å². The minimum atomic E-state index is -0.679. The Bertz CT molecular complexity index is 1180. The number of hydrogen-bond donors (Lipinski definition) is 1. The molecule has 7 nitrogen and oxygen atoms in total. The number of carbonyl (C=O) groups excluding carboxylic acids is 2. The molecule has 0 aliphatic rings. The van der Waals surface area contributed by atoms with Gasteiger partial charge in [-0.3, -0.25) is 9.59 Å². The summed E-state index contributed by atoms with van der Waals surface area (Å²) in [6.07, 6.45) is -0.104. The molecule has 0 bridgehead atoms. The predicted octanol–water partition coefficient (Wildman–Crippen LogP) is 3.74. The summed E-state index contributed by atoms with van der Waals surface area (Å²) in [6, 6.07) is 25.4. The fourth-order valence-corrected chi connectivity index (χ4v) is 2.97. The summed E-state index contributed by atoms with van der Waals surface area (Å²) in [5, 5.41) is 20.8. The lowest BCUT2D eigenvalue weighted by molar-refractivity contribution is -0.145. The van der Waals surface area contributed by atoms with Crippen molar-refractivity contribution in [1.82, 2.24) is 5.32 Å². The van der Waals surface area contributed by atoms with Crippen molar-refractivity contribution in [3.05, 3.63) is 101 Å². The molecule has 0 aliphatic heterocycles. The number of nitrogens with zero attached hydrogens (tertiary/aromatic N) is 2. The standard InChI is InChI=1S/C26H21N3O4/c27-15-19-9-11-22(12-10-19)26(31)29-23(18-32-24-8-4-7-21(13-24)16-28)14-25(30)33-17-20-5-2-1-3-6-20/h1-13,23H,14,17-18H2,(H,29,31)/t23-/m0/s1. The molecule has 164 valence electrons. The molecule has 0 aliphatic carbocycles. The molecule has 7 heteroatoms. The van der Waals surface area contributed by atoms with E-state index < -0.39 is 17.9 Å². The molecular formula is C26H21N3O4. The van der Waals surface area contributed by atoms with Crippen LogP contribution in [0.1, 0.15) is 33.5 Å². The van der Waals surface area contributed by atoms with Crippen molar-refractivity contribution in [1.29, 1.82) is 10.5 Å². The van der Waals surface area contributed by atoms with Gasteiger partial charge in [-0.05, 0) is 48.0 Å². The van der Waals surface area contributed by atoms with E-state index >= 15 is 0 Å². The number of benzene rings is 3. The van der Waals surface area contributed by atoms with Crippen LogP contribution in [0, 0.1) is 22.7 Å². The quantitative estimate of drug-likeness (QED) is 0.508. The van der Waals surface area contributed by atoms with Crippen LogP contribution >= 0.6 is 0 Å². The van der Waals surface area contributed by atoms with E-state index in [1.807, 2.05) is 42.5 Å². The van der Waals surface area contributed by atoms with Crippen LogP contribution in [0.2, 0.25) is 0 Å². The number of carbonyl (C=O) groups is 2. The largest absolute Gasteiger partial charge is 0.491 e. The first-order valence-electron chi connectivity index (χ1n) is 10.2. The summed E-state index contributed by atoms with van der Waals surface area (Å²) in [7, 11) is 0. The predicted molar refractivity (Wildman–Crippen MR) is 120 cm³/mol. The molecule has 0 fully saturated rings. The van der Waals surface area contributed by atoms with E-state index in [0.29, 0.717) is 22.4 Å². The van der Waals surface area contributed by atoms with E-state index in [1.54, 1.807) is 36.4 Å². The normalized spacial score (nSPS) is 10.8. The van der Waals surface area contributed by atoms with E-state index in [4.69, 9.17) is 20.0 Å². The van der Waals surface area contributed by atoms with Crippen LogP contribution in [0.25, 0.3) is 0 Å². The molecule has 0 heterocycles. The molecule has 3 aromatic carbocycles. The van der Waals surface area contributed by atoms with E-state index in [1.165, 1.54) is 12.1 Å². The number of esters is 1. The van der Waals surface area contributed by atoms with E-state index in [9.17, 15) is 9.59 Å². The highest BCUT2D eigenvalue weighted by Gasteiger charge is 2.20. The maximum atomic E-state index is 12.7. The van der Waals surface area contributed by atoms with E-state index in [0.717, 1.165) is 5.56 Å². The second-order valence-corrected chi connectivity index (χ2v) is 7.16. The van der Waals surface area contributed by atoms with Crippen molar-refractivity contribution in [3.8, 4) is 17.9 Å². The second-order valence-electron chi connectivity index (χ2n) is 7.16. The Morgan fingerprint density at radius 2 is 1.61 bits per heavy atom. The number of amides is 1. The average molecular weight is 439 g/mol. The Kier molecular flexibility index (Phi) is 8.16.